The first-order valence-electron chi connectivity index (χ1n) is 6.44. The fraction of sp³-hybridized carbons (Fsp3) is 0.500. The van der Waals surface area contributed by atoms with E-state index in [9.17, 15) is 23.1 Å². The van der Waals surface area contributed by atoms with Gasteiger partial charge in [0.25, 0.3) is 0 Å². The second-order valence-corrected chi connectivity index (χ2v) is 4.65. The van der Waals surface area contributed by atoms with Crippen molar-refractivity contribution in [1.82, 2.24) is 5.32 Å². The van der Waals surface area contributed by atoms with Gasteiger partial charge in [-0.25, -0.2) is 0 Å². The van der Waals surface area contributed by atoms with Crippen molar-refractivity contribution in [2.75, 3.05) is 6.54 Å². The quantitative estimate of drug-likeness (QED) is 0.627. The number of hydrogen-bond acceptors (Lipinski definition) is 3. The first-order chi connectivity index (χ1) is 9.70. The molecule has 0 saturated heterocycles. The van der Waals surface area contributed by atoms with Crippen LogP contribution >= 0.6 is 0 Å². The van der Waals surface area contributed by atoms with Gasteiger partial charge in [0, 0.05) is 6.54 Å². The lowest BCUT2D eigenvalue weighted by Gasteiger charge is -2.27. The lowest BCUT2D eigenvalue weighted by atomic mass is 9.95. The van der Waals surface area contributed by atoms with Crippen molar-refractivity contribution >= 4 is 5.91 Å². The van der Waals surface area contributed by atoms with Gasteiger partial charge in [0.15, 0.2) is 0 Å². The van der Waals surface area contributed by atoms with Gasteiger partial charge in [-0.2, -0.15) is 13.2 Å². The molecule has 118 valence electrons. The molecule has 1 rings (SSSR count). The molecular weight excluding hydrogens is 287 g/mol. The SMILES string of the molecule is C/C=C/CCNC(=O)CC(O)(c1ccc(C)o1)C(F)(F)F. The van der Waals surface area contributed by atoms with Gasteiger partial charge in [-0.1, -0.05) is 12.2 Å². The molecule has 0 aliphatic rings. The summed E-state index contributed by atoms with van der Waals surface area (Å²) in [5.74, 6) is -1.36. The van der Waals surface area contributed by atoms with E-state index in [-0.39, 0.29) is 12.3 Å². The number of aliphatic hydroxyl groups is 1. The summed E-state index contributed by atoms with van der Waals surface area (Å²) >= 11 is 0. The largest absolute Gasteiger partial charge is 0.463 e. The summed E-state index contributed by atoms with van der Waals surface area (Å²) in [7, 11) is 0. The molecular formula is C14H18F3NO3. The van der Waals surface area contributed by atoms with E-state index in [4.69, 9.17) is 4.42 Å². The van der Waals surface area contributed by atoms with Crippen LogP contribution in [0.25, 0.3) is 0 Å². The molecule has 0 aliphatic heterocycles. The van der Waals surface area contributed by atoms with Crippen molar-refractivity contribution in [2.24, 2.45) is 0 Å². The molecule has 0 saturated carbocycles. The van der Waals surface area contributed by atoms with Gasteiger partial charge in [-0.05, 0) is 32.4 Å². The Hall–Kier alpha value is -1.76. The van der Waals surface area contributed by atoms with Gasteiger partial charge in [-0.3, -0.25) is 4.79 Å². The second-order valence-electron chi connectivity index (χ2n) is 4.65. The summed E-state index contributed by atoms with van der Waals surface area (Å²) in [4.78, 5) is 11.6. The highest BCUT2D eigenvalue weighted by atomic mass is 19.4. The zero-order valence-electron chi connectivity index (χ0n) is 11.8. The van der Waals surface area contributed by atoms with Gasteiger partial charge >= 0.3 is 6.18 Å². The van der Waals surface area contributed by atoms with E-state index < -0.39 is 29.9 Å². The molecule has 1 atom stereocenters. The van der Waals surface area contributed by atoms with E-state index in [2.05, 4.69) is 5.32 Å². The molecule has 1 aromatic rings. The lowest BCUT2D eigenvalue weighted by molar-refractivity contribution is -0.273. The van der Waals surface area contributed by atoms with Crippen molar-refractivity contribution in [3.05, 3.63) is 35.8 Å². The number of amides is 1. The predicted octanol–water partition coefficient (Wildman–Crippen LogP) is 2.81. The standard InChI is InChI=1S/C14H18F3NO3/c1-3-4-5-8-18-12(19)9-13(20,14(15,16)17)11-7-6-10(2)21-11/h3-4,6-7,20H,5,8-9H2,1-2H3,(H,18,19)/b4-3+. The zero-order chi connectivity index (χ0) is 16.1. The number of rotatable bonds is 6. The van der Waals surface area contributed by atoms with Crippen LogP contribution in [0.1, 0.15) is 31.3 Å². The molecule has 0 radical (unpaired) electrons. The molecule has 0 aromatic carbocycles. The number of nitrogens with one attached hydrogen (secondary N) is 1. The molecule has 1 unspecified atom stereocenters. The van der Waals surface area contributed by atoms with E-state index in [0.29, 0.717) is 6.42 Å². The van der Waals surface area contributed by atoms with E-state index in [0.717, 1.165) is 6.07 Å². The first-order valence-corrected chi connectivity index (χ1v) is 6.44. The lowest BCUT2D eigenvalue weighted by Crippen LogP contribution is -2.46. The maximum atomic E-state index is 13.1. The average molecular weight is 305 g/mol. The van der Waals surface area contributed by atoms with Crippen LogP contribution in [0.2, 0.25) is 0 Å². The van der Waals surface area contributed by atoms with Crippen LogP contribution in [0.4, 0.5) is 13.2 Å². The molecule has 21 heavy (non-hydrogen) atoms. The topological polar surface area (TPSA) is 62.5 Å². The fourth-order valence-electron chi connectivity index (χ4n) is 1.74. The Balaban J connectivity index is 2.83. The van der Waals surface area contributed by atoms with Gasteiger partial charge in [-0.15, -0.1) is 0 Å². The Morgan fingerprint density at radius 1 is 1.43 bits per heavy atom. The van der Waals surface area contributed by atoms with Crippen LogP contribution in [-0.2, 0) is 10.4 Å². The number of furan rings is 1. The van der Waals surface area contributed by atoms with Gasteiger partial charge in [0.05, 0.1) is 6.42 Å². The number of carbonyl (C=O) groups is 1. The first kappa shape index (κ1) is 17.3. The van der Waals surface area contributed by atoms with Crippen LogP contribution in [0.5, 0.6) is 0 Å². The van der Waals surface area contributed by atoms with E-state index in [1.54, 1.807) is 19.1 Å². The Bertz CT molecular complexity index is 508. The Morgan fingerprint density at radius 2 is 2.10 bits per heavy atom. The summed E-state index contributed by atoms with van der Waals surface area (Å²) in [6.07, 6.45) is -2.11. The Labute approximate surface area is 120 Å². The normalized spacial score (nSPS) is 15.1. The summed E-state index contributed by atoms with van der Waals surface area (Å²) in [6.45, 7) is 3.45. The second kappa shape index (κ2) is 6.80. The highest BCUT2D eigenvalue weighted by molar-refractivity contribution is 5.77. The van der Waals surface area contributed by atoms with E-state index in [1.165, 1.54) is 13.0 Å². The molecule has 1 amide bonds. The van der Waals surface area contributed by atoms with Crippen molar-refractivity contribution in [1.29, 1.82) is 0 Å². The molecule has 1 aromatic heterocycles. The summed E-state index contributed by atoms with van der Waals surface area (Å²) in [5.41, 5.74) is -3.33. The summed E-state index contributed by atoms with van der Waals surface area (Å²) in [5, 5.41) is 12.2. The predicted molar refractivity (Wildman–Crippen MR) is 70.5 cm³/mol. The highest BCUT2D eigenvalue weighted by Crippen LogP contribution is 2.42. The minimum absolute atomic E-state index is 0.203. The molecule has 0 bridgehead atoms. The maximum absolute atomic E-state index is 13.1. The number of carbonyl (C=O) groups excluding carboxylic acids is 1. The molecule has 4 nitrogen and oxygen atoms in total. The highest BCUT2D eigenvalue weighted by Gasteiger charge is 2.58. The Morgan fingerprint density at radius 3 is 2.57 bits per heavy atom. The van der Waals surface area contributed by atoms with Crippen LogP contribution < -0.4 is 5.32 Å². The zero-order valence-corrected chi connectivity index (χ0v) is 11.8. The minimum Gasteiger partial charge on any atom is -0.463 e. The van der Waals surface area contributed by atoms with Gasteiger partial charge in [0.1, 0.15) is 11.5 Å². The summed E-state index contributed by atoms with van der Waals surface area (Å²) in [6, 6.07) is 2.33. The Kier molecular flexibility index (Phi) is 5.60. The number of allylic oxidation sites excluding steroid dienone is 1. The fourth-order valence-corrected chi connectivity index (χ4v) is 1.74. The van der Waals surface area contributed by atoms with E-state index in [1.807, 2.05) is 0 Å². The molecule has 7 heteroatoms. The van der Waals surface area contributed by atoms with Crippen molar-refractivity contribution in [3.8, 4) is 0 Å². The number of hydrogen-bond donors (Lipinski definition) is 2. The molecule has 2 N–H and O–H groups in total. The van der Waals surface area contributed by atoms with Crippen molar-refractivity contribution < 1.29 is 27.5 Å². The smallest absolute Gasteiger partial charge is 0.425 e. The average Bonchev–Trinajstić information content (AvgIpc) is 2.80. The van der Waals surface area contributed by atoms with Gasteiger partial charge < -0.3 is 14.8 Å². The third kappa shape index (κ3) is 4.35. The number of halogens is 3. The third-order valence-corrected chi connectivity index (χ3v) is 2.90. The van der Waals surface area contributed by atoms with Crippen LogP contribution in [0, 0.1) is 6.92 Å². The molecule has 1 heterocycles. The number of alkyl halides is 3. The van der Waals surface area contributed by atoms with Crippen LogP contribution in [-0.4, -0.2) is 23.7 Å². The molecule has 0 aliphatic carbocycles. The van der Waals surface area contributed by atoms with Crippen LogP contribution in [0.15, 0.2) is 28.7 Å². The monoisotopic (exact) mass is 305 g/mol. The maximum Gasteiger partial charge on any atom is 0.425 e. The van der Waals surface area contributed by atoms with Crippen molar-refractivity contribution in [3.63, 3.8) is 0 Å². The number of aryl methyl sites for hydroxylation is 1. The summed E-state index contributed by atoms with van der Waals surface area (Å²) < 4.78 is 44.2. The van der Waals surface area contributed by atoms with E-state index >= 15 is 0 Å². The van der Waals surface area contributed by atoms with Crippen molar-refractivity contribution in [2.45, 2.75) is 38.5 Å². The third-order valence-electron chi connectivity index (χ3n) is 2.90. The van der Waals surface area contributed by atoms with Gasteiger partial charge in [0.2, 0.25) is 11.5 Å². The molecule has 0 spiro atoms. The van der Waals surface area contributed by atoms with Crippen LogP contribution in [0.3, 0.4) is 0 Å². The molecule has 0 fully saturated rings. The minimum atomic E-state index is -5.02.